The van der Waals surface area contributed by atoms with Crippen molar-refractivity contribution >= 4 is 28.3 Å². The van der Waals surface area contributed by atoms with E-state index in [0.717, 1.165) is 35.5 Å². The fraction of sp³-hybridized carbons (Fsp3) is 0.267. The van der Waals surface area contributed by atoms with Gasteiger partial charge < -0.3 is 4.57 Å². The molecule has 0 fully saturated rings. The van der Waals surface area contributed by atoms with Crippen molar-refractivity contribution in [2.24, 2.45) is 0 Å². The summed E-state index contributed by atoms with van der Waals surface area (Å²) in [5, 5.41) is 10.5. The molecule has 3 aromatic rings. The summed E-state index contributed by atoms with van der Waals surface area (Å²) in [6.07, 6.45) is 1.84. The number of benzene rings is 1. The van der Waals surface area contributed by atoms with Crippen molar-refractivity contribution in [1.82, 2.24) is 20.0 Å². The lowest BCUT2D eigenvalue weighted by Crippen LogP contribution is -2.18. The number of para-hydroxylation sites is 2. The van der Waals surface area contributed by atoms with Crippen LogP contribution in [0.5, 0.6) is 0 Å². The number of thiazole rings is 1. The largest absolute Gasteiger partial charge is 0.323 e. The van der Waals surface area contributed by atoms with E-state index in [1.807, 2.05) is 29.6 Å². The molecule has 1 aromatic carbocycles. The van der Waals surface area contributed by atoms with E-state index in [9.17, 15) is 4.79 Å². The van der Waals surface area contributed by atoms with Crippen LogP contribution in [0.2, 0.25) is 0 Å². The van der Waals surface area contributed by atoms with Crippen molar-refractivity contribution in [3.8, 4) is 11.5 Å². The number of fused-ring (bicyclic) bond motifs is 1. The van der Waals surface area contributed by atoms with Gasteiger partial charge >= 0.3 is 0 Å². The van der Waals surface area contributed by atoms with E-state index in [0.29, 0.717) is 12.8 Å². The molecule has 2 N–H and O–H groups in total. The first kappa shape index (κ1) is 14.7. The molecule has 1 amide bonds. The van der Waals surface area contributed by atoms with Crippen LogP contribution in [0.15, 0.2) is 35.2 Å². The Morgan fingerprint density at radius 3 is 2.95 bits per heavy atom. The zero-order valence-corrected chi connectivity index (χ0v) is 12.7. The number of hydrogen-bond acceptors (Lipinski definition) is 5. The third-order valence-corrected chi connectivity index (χ3v) is 4.06. The molecule has 0 saturated heterocycles. The normalized spacial score (nSPS) is 11.0. The number of aryl methyl sites for hydroxylation is 1. The summed E-state index contributed by atoms with van der Waals surface area (Å²) in [5.41, 5.74) is 6.33. The van der Waals surface area contributed by atoms with Gasteiger partial charge in [-0.3, -0.25) is 10.0 Å². The molecule has 2 heterocycles. The number of carbonyl (C=O) groups excluding carboxylic acids is 1. The summed E-state index contributed by atoms with van der Waals surface area (Å²) in [7, 11) is 0. The van der Waals surface area contributed by atoms with Crippen LogP contribution in [0.25, 0.3) is 22.6 Å². The molecule has 0 spiro atoms. The maximum Gasteiger partial charge on any atom is 0.243 e. The SMILES string of the molecule is O=C(CCCCn1c(-c2cscn2)nc2ccccc21)NO. The Morgan fingerprint density at radius 1 is 1.32 bits per heavy atom. The number of carbonyl (C=O) groups is 1. The Kier molecular flexibility index (Phi) is 4.45. The van der Waals surface area contributed by atoms with Crippen LogP contribution in [-0.2, 0) is 11.3 Å². The molecule has 0 saturated carbocycles. The molecule has 0 atom stereocenters. The molecule has 6 nitrogen and oxygen atoms in total. The highest BCUT2D eigenvalue weighted by molar-refractivity contribution is 7.07. The standard InChI is InChI=1S/C15H16N4O2S/c20-14(18-21)7-3-4-8-19-13-6-2-1-5-11(13)17-15(19)12-9-22-10-16-12/h1-2,5-6,9-10,21H,3-4,7-8H2,(H,18,20). The van der Waals surface area contributed by atoms with Crippen LogP contribution < -0.4 is 5.48 Å². The highest BCUT2D eigenvalue weighted by Crippen LogP contribution is 2.25. The first-order valence-electron chi connectivity index (χ1n) is 7.06. The third-order valence-electron chi connectivity index (χ3n) is 3.48. The van der Waals surface area contributed by atoms with Gasteiger partial charge in [-0.2, -0.15) is 0 Å². The van der Waals surface area contributed by atoms with E-state index in [1.165, 1.54) is 0 Å². The number of aromatic nitrogens is 3. The van der Waals surface area contributed by atoms with Crippen LogP contribution >= 0.6 is 11.3 Å². The highest BCUT2D eigenvalue weighted by atomic mass is 32.1. The maximum atomic E-state index is 11.1. The molecule has 0 aliphatic heterocycles. The lowest BCUT2D eigenvalue weighted by molar-refractivity contribution is -0.129. The zero-order valence-electron chi connectivity index (χ0n) is 11.9. The zero-order chi connectivity index (χ0) is 15.4. The van der Waals surface area contributed by atoms with Gasteiger partial charge in [-0.15, -0.1) is 11.3 Å². The van der Waals surface area contributed by atoms with Crippen LogP contribution in [-0.4, -0.2) is 25.6 Å². The number of hydroxylamine groups is 1. The second kappa shape index (κ2) is 6.67. The number of nitrogens with one attached hydrogen (secondary N) is 1. The second-order valence-corrected chi connectivity index (χ2v) is 5.66. The number of unbranched alkanes of at least 4 members (excludes halogenated alkanes) is 1. The fourth-order valence-corrected chi connectivity index (χ4v) is 2.96. The van der Waals surface area contributed by atoms with Crippen molar-refractivity contribution in [2.75, 3.05) is 0 Å². The molecule has 0 aliphatic carbocycles. The van der Waals surface area contributed by atoms with Gasteiger partial charge in [-0.1, -0.05) is 12.1 Å². The van der Waals surface area contributed by atoms with Crippen molar-refractivity contribution in [1.29, 1.82) is 0 Å². The fourth-order valence-electron chi connectivity index (χ4n) is 2.43. The van der Waals surface area contributed by atoms with Crippen LogP contribution in [0.4, 0.5) is 0 Å². The first-order chi connectivity index (χ1) is 10.8. The molecule has 7 heteroatoms. The van der Waals surface area contributed by atoms with Crippen molar-refractivity contribution in [2.45, 2.75) is 25.8 Å². The van der Waals surface area contributed by atoms with E-state index in [4.69, 9.17) is 5.21 Å². The number of hydrogen-bond donors (Lipinski definition) is 2. The van der Waals surface area contributed by atoms with Gasteiger partial charge in [0, 0.05) is 18.3 Å². The predicted octanol–water partition coefficient (Wildman–Crippen LogP) is 2.84. The van der Waals surface area contributed by atoms with Crippen molar-refractivity contribution in [3.05, 3.63) is 35.2 Å². The summed E-state index contributed by atoms with van der Waals surface area (Å²) < 4.78 is 2.14. The quantitative estimate of drug-likeness (QED) is 0.416. The van der Waals surface area contributed by atoms with Gasteiger partial charge in [-0.25, -0.2) is 15.4 Å². The minimum atomic E-state index is -0.352. The number of imidazole rings is 1. The molecule has 2 aromatic heterocycles. The Bertz CT molecular complexity index is 767. The molecular formula is C15H16N4O2S. The Hall–Kier alpha value is -2.25. The van der Waals surface area contributed by atoms with E-state index in [-0.39, 0.29) is 5.91 Å². The summed E-state index contributed by atoms with van der Waals surface area (Å²) >= 11 is 1.54. The molecular weight excluding hydrogens is 300 g/mol. The van der Waals surface area contributed by atoms with Crippen LogP contribution in [0.3, 0.4) is 0 Å². The molecule has 0 radical (unpaired) electrons. The maximum absolute atomic E-state index is 11.1. The van der Waals surface area contributed by atoms with Gasteiger partial charge in [0.25, 0.3) is 0 Å². The number of amides is 1. The summed E-state index contributed by atoms with van der Waals surface area (Å²) in [6, 6.07) is 7.99. The van der Waals surface area contributed by atoms with Crippen molar-refractivity contribution in [3.63, 3.8) is 0 Å². The van der Waals surface area contributed by atoms with Gasteiger partial charge in [0.05, 0.1) is 16.5 Å². The smallest absolute Gasteiger partial charge is 0.243 e. The Morgan fingerprint density at radius 2 is 2.18 bits per heavy atom. The average molecular weight is 316 g/mol. The molecule has 114 valence electrons. The van der Waals surface area contributed by atoms with E-state index < -0.39 is 0 Å². The molecule has 22 heavy (non-hydrogen) atoms. The second-order valence-electron chi connectivity index (χ2n) is 4.94. The minimum absolute atomic E-state index is 0.315. The van der Waals surface area contributed by atoms with Gasteiger partial charge in [0.1, 0.15) is 5.69 Å². The number of rotatable bonds is 6. The lowest BCUT2D eigenvalue weighted by Gasteiger charge is -2.07. The predicted molar refractivity (Wildman–Crippen MR) is 84.6 cm³/mol. The molecule has 0 unspecified atom stereocenters. The highest BCUT2D eigenvalue weighted by Gasteiger charge is 2.13. The van der Waals surface area contributed by atoms with Gasteiger partial charge in [0.15, 0.2) is 5.82 Å². The molecule has 0 aliphatic rings. The first-order valence-corrected chi connectivity index (χ1v) is 8.00. The Balaban J connectivity index is 1.83. The third kappa shape index (κ3) is 3.00. The topological polar surface area (TPSA) is 80.0 Å². The Labute approximate surface area is 131 Å². The van der Waals surface area contributed by atoms with E-state index in [1.54, 1.807) is 22.3 Å². The van der Waals surface area contributed by atoms with Crippen LogP contribution in [0, 0.1) is 0 Å². The monoisotopic (exact) mass is 316 g/mol. The minimum Gasteiger partial charge on any atom is -0.323 e. The summed E-state index contributed by atoms with van der Waals surface area (Å²) in [6.45, 7) is 0.756. The van der Waals surface area contributed by atoms with E-state index in [2.05, 4.69) is 14.5 Å². The number of nitrogens with zero attached hydrogens (tertiary/aromatic N) is 3. The molecule has 3 rings (SSSR count). The lowest BCUT2D eigenvalue weighted by atomic mass is 10.2. The summed E-state index contributed by atoms with van der Waals surface area (Å²) in [4.78, 5) is 20.1. The van der Waals surface area contributed by atoms with Crippen molar-refractivity contribution < 1.29 is 10.0 Å². The van der Waals surface area contributed by atoms with Gasteiger partial charge in [-0.05, 0) is 25.0 Å². The van der Waals surface area contributed by atoms with E-state index >= 15 is 0 Å². The summed E-state index contributed by atoms with van der Waals surface area (Å²) in [5.74, 6) is 0.504. The van der Waals surface area contributed by atoms with Crippen LogP contribution in [0.1, 0.15) is 19.3 Å². The molecule has 0 bridgehead atoms. The van der Waals surface area contributed by atoms with Gasteiger partial charge in [0.2, 0.25) is 5.91 Å². The average Bonchev–Trinajstić information content (AvgIpc) is 3.18.